The molecule has 0 saturated carbocycles. The van der Waals surface area contributed by atoms with E-state index in [0.717, 1.165) is 61.9 Å². The number of aliphatic hydroxyl groups is 1. The minimum Gasteiger partial charge on any atom is -0.507 e. The first kappa shape index (κ1) is 56.3. The van der Waals surface area contributed by atoms with Crippen LogP contribution in [0.4, 0.5) is 11.4 Å². The SMILES string of the molecule is Cc1c(C)c2c(c(C)c1O)CCC(C)(C(O)NCCOCCOCCOCCN1C(=CC=CC=CC3=[N+](CCCCCC(=O)O)c4ccc(S(=O)(=O)O)cc4C3(C)C)C(C)(C)c3cc(S(=O)(=O)O)ccc31)O2. The maximum atomic E-state index is 12.2. The largest absolute Gasteiger partial charge is 0.507 e. The molecule has 394 valence electrons. The van der Waals surface area contributed by atoms with E-state index in [1.54, 1.807) is 12.1 Å². The Hall–Kier alpha value is -4.96. The van der Waals surface area contributed by atoms with Crippen LogP contribution >= 0.6 is 0 Å². The molecule has 0 spiro atoms. The maximum absolute atomic E-state index is 12.2. The fraction of sp³-hybridized carbons (Fsp3) is 0.509. The molecule has 17 nitrogen and oxygen atoms in total. The summed E-state index contributed by atoms with van der Waals surface area (Å²) in [4.78, 5) is 12.8. The first-order chi connectivity index (χ1) is 33.8. The topological polar surface area (TPSA) is 242 Å². The summed E-state index contributed by atoms with van der Waals surface area (Å²) >= 11 is 0. The van der Waals surface area contributed by atoms with Gasteiger partial charge in [0, 0.05) is 66.0 Å². The Labute approximate surface area is 424 Å². The summed E-state index contributed by atoms with van der Waals surface area (Å²) in [6.07, 6.45) is 11.9. The normalized spacial score (nSPS) is 19.3. The molecule has 2 unspecified atom stereocenters. The van der Waals surface area contributed by atoms with E-state index in [9.17, 15) is 40.9 Å². The zero-order valence-electron chi connectivity index (χ0n) is 42.7. The third-order valence-electron chi connectivity index (χ3n) is 14.2. The molecule has 6 N–H and O–H groups in total. The van der Waals surface area contributed by atoms with E-state index in [1.165, 1.54) is 24.3 Å². The number of carboxylic acid groups (broad SMARTS) is 1. The third kappa shape index (κ3) is 12.7. The van der Waals surface area contributed by atoms with Gasteiger partial charge in [-0.15, -0.1) is 0 Å². The predicted molar refractivity (Wildman–Crippen MR) is 274 cm³/mol. The van der Waals surface area contributed by atoms with Crippen molar-refractivity contribution in [2.24, 2.45) is 0 Å². The van der Waals surface area contributed by atoms with Crippen LogP contribution in [0.3, 0.4) is 0 Å². The summed E-state index contributed by atoms with van der Waals surface area (Å²) in [6.45, 7) is 18.9. The molecule has 0 fully saturated rings. The van der Waals surface area contributed by atoms with Gasteiger partial charge in [0.15, 0.2) is 5.71 Å². The monoisotopic (exact) mass is 1040 g/mol. The van der Waals surface area contributed by atoms with Crippen LogP contribution < -0.4 is 15.0 Å². The van der Waals surface area contributed by atoms with Gasteiger partial charge in [-0.05, 0) is 126 Å². The van der Waals surface area contributed by atoms with E-state index in [-0.39, 0.29) is 16.2 Å². The number of ether oxygens (including phenoxy) is 4. The van der Waals surface area contributed by atoms with Gasteiger partial charge < -0.3 is 39.2 Å². The second-order valence-corrected chi connectivity index (χ2v) is 22.7. The van der Waals surface area contributed by atoms with Crippen molar-refractivity contribution < 1.29 is 69.6 Å². The van der Waals surface area contributed by atoms with Crippen molar-refractivity contribution in [2.45, 2.75) is 126 Å². The van der Waals surface area contributed by atoms with Gasteiger partial charge in [-0.1, -0.05) is 32.1 Å². The number of anilines is 1. The van der Waals surface area contributed by atoms with E-state index < -0.39 is 48.9 Å². The summed E-state index contributed by atoms with van der Waals surface area (Å²) in [6, 6.07) is 9.12. The highest BCUT2D eigenvalue weighted by Crippen LogP contribution is 2.49. The number of rotatable bonds is 25. The molecule has 0 bridgehead atoms. The number of benzene rings is 3. The summed E-state index contributed by atoms with van der Waals surface area (Å²) in [5.74, 6) is 0.169. The van der Waals surface area contributed by atoms with Gasteiger partial charge in [0.05, 0.1) is 54.8 Å². The molecule has 0 saturated heterocycles. The second-order valence-electron chi connectivity index (χ2n) is 19.9. The molecule has 0 amide bonds. The van der Waals surface area contributed by atoms with Gasteiger partial charge in [-0.25, -0.2) is 0 Å². The minimum atomic E-state index is -4.46. The lowest BCUT2D eigenvalue weighted by atomic mass is 9.81. The number of aliphatic carboxylic acids is 1. The number of phenols is 1. The van der Waals surface area contributed by atoms with Gasteiger partial charge in [-0.2, -0.15) is 21.4 Å². The maximum Gasteiger partial charge on any atom is 0.303 e. The summed E-state index contributed by atoms with van der Waals surface area (Å²) < 4.78 is 94.2. The number of hydrogen-bond acceptors (Lipinski definition) is 13. The molecule has 3 aromatic rings. The molecular weight excluding hydrogens is 967 g/mol. The molecule has 0 aliphatic carbocycles. The van der Waals surface area contributed by atoms with Crippen molar-refractivity contribution in [1.29, 1.82) is 0 Å². The molecule has 0 radical (unpaired) electrons. The summed E-state index contributed by atoms with van der Waals surface area (Å²) in [7, 11) is -8.91. The number of unbranched alkanes of at least 4 members (excludes halogenated alkanes) is 2. The number of nitrogens with zero attached hydrogens (tertiary/aromatic N) is 2. The number of nitrogens with one attached hydrogen (secondary N) is 1. The highest BCUT2D eigenvalue weighted by molar-refractivity contribution is 7.86. The van der Waals surface area contributed by atoms with Crippen LogP contribution in [0, 0.1) is 20.8 Å². The zero-order chi connectivity index (χ0) is 52.8. The van der Waals surface area contributed by atoms with Crippen molar-refractivity contribution in [3.63, 3.8) is 0 Å². The van der Waals surface area contributed by atoms with E-state index in [2.05, 4.69) is 14.8 Å². The van der Waals surface area contributed by atoms with Crippen LogP contribution in [0.2, 0.25) is 0 Å². The van der Waals surface area contributed by atoms with Crippen LogP contribution in [-0.4, -0.2) is 129 Å². The zero-order valence-corrected chi connectivity index (χ0v) is 44.3. The van der Waals surface area contributed by atoms with Crippen LogP contribution in [0.5, 0.6) is 11.5 Å². The van der Waals surface area contributed by atoms with Gasteiger partial charge in [0.1, 0.15) is 29.9 Å². The highest BCUT2D eigenvalue weighted by Gasteiger charge is 2.45. The standard InChI is InChI=1S/C53H71N3O14S2/c1-35-36(2)49-40(37(3)48(35)59)22-23-53(8,70-49)50(60)54-24-27-67-29-31-69-32-30-68-28-26-56-44-21-19-39(72(64,65)66)34-42(44)52(6,7)46(56)16-12-9-11-15-45-51(4,5)41-33-38(71(61,62)63)18-20-43(41)55(45)25-14-10-13-17-47(57)58/h9,11-12,15-16,18-21,33-34,50,54,60H,10,13-14,17,22-32H2,1-8H3,(H3-,57,58,59,61,62,63,64,65,66)/p+1. The molecule has 72 heavy (non-hydrogen) atoms. The Balaban J connectivity index is 1.02. The summed E-state index contributed by atoms with van der Waals surface area (Å²) in [5, 5.41) is 33.8. The molecule has 6 rings (SSSR count). The first-order valence-corrected chi connectivity index (χ1v) is 27.3. The van der Waals surface area contributed by atoms with Crippen LogP contribution in [0.1, 0.15) is 100 Å². The van der Waals surface area contributed by atoms with Crippen LogP contribution in [-0.2, 0) is 56.5 Å². The lowest BCUT2D eigenvalue weighted by Gasteiger charge is -2.41. The number of carbonyl (C=O) groups is 1. The van der Waals surface area contributed by atoms with Crippen molar-refractivity contribution in [3.05, 3.63) is 106 Å². The predicted octanol–water partition coefficient (Wildman–Crippen LogP) is 7.37. The lowest BCUT2D eigenvalue weighted by Crippen LogP contribution is -2.55. The van der Waals surface area contributed by atoms with Crippen molar-refractivity contribution in [2.75, 3.05) is 64.2 Å². The molecule has 3 heterocycles. The molecule has 3 aliphatic heterocycles. The number of aliphatic hydroxyl groups excluding tert-OH is 1. The van der Waals surface area contributed by atoms with Gasteiger partial charge in [0.25, 0.3) is 20.2 Å². The van der Waals surface area contributed by atoms with Crippen LogP contribution in [0.25, 0.3) is 0 Å². The van der Waals surface area contributed by atoms with Gasteiger partial charge in [0.2, 0.25) is 5.69 Å². The van der Waals surface area contributed by atoms with Crippen molar-refractivity contribution >= 4 is 43.3 Å². The number of hydrogen-bond donors (Lipinski definition) is 6. The third-order valence-corrected chi connectivity index (χ3v) is 15.9. The Morgan fingerprint density at radius 3 is 2.08 bits per heavy atom. The number of fused-ring (bicyclic) bond motifs is 3. The Bertz CT molecular complexity index is 2850. The van der Waals surface area contributed by atoms with Crippen molar-refractivity contribution in [3.8, 4) is 11.5 Å². The molecule has 0 aromatic heterocycles. The first-order valence-electron chi connectivity index (χ1n) is 24.4. The Morgan fingerprint density at radius 1 is 0.806 bits per heavy atom. The second kappa shape index (κ2) is 23.1. The van der Waals surface area contributed by atoms with Crippen LogP contribution in [0.15, 0.2) is 82.3 Å². The number of carboxylic acids is 1. The van der Waals surface area contributed by atoms with Gasteiger partial charge >= 0.3 is 5.97 Å². The molecule has 3 aliphatic rings. The molecule has 3 aromatic carbocycles. The van der Waals surface area contributed by atoms with E-state index in [0.29, 0.717) is 97.1 Å². The lowest BCUT2D eigenvalue weighted by molar-refractivity contribution is -0.438. The van der Waals surface area contributed by atoms with E-state index in [4.69, 9.17) is 24.1 Å². The smallest absolute Gasteiger partial charge is 0.303 e. The fourth-order valence-corrected chi connectivity index (χ4v) is 10.8. The average molecular weight is 1040 g/mol. The number of aromatic hydroxyl groups is 1. The average Bonchev–Trinajstić information content (AvgIpc) is 3.66. The van der Waals surface area contributed by atoms with Crippen molar-refractivity contribution in [1.82, 2.24) is 5.32 Å². The Morgan fingerprint density at radius 2 is 1.43 bits per heavy atom. The highest BCUT2D eigenvalue weighted by atomic mass is 32.2. The van der Waals surface area contributed by atoms with Gasteiger partial charge in [-0.3, -0.25) is 19.2 Å². The summed E-state index contributed by atoms with van der Waals surface area (Å²) in [5.41, 5.74) is 6.04. The quantitative estimate of drug-likeness (QED) is 0.0160. The van der Waals surface area contributed by atoms with E-state index in [1.807, 2.05) is 85.8 Å². The number of allylic oxidation sites excluding steroid dienone is 6. The number of phenolic OH excluding ortho intramolecular Hbond substituents is 1. The molecule has 19 heteroatoms. The fourth-order valence-electron chi connectivity index (χ4n) is 9.83. The molecule has 2 atom stereocenters. The minimum absolute atomic E-state index is 0.0771. The Kier molecular flexibility index (Phi) is 18.1. The van der Waals surface area contributed by atoms with E-state index >= 15 is 0 Å². The molecular formula is C53H72N3O14S2+.